The van der Waals surface area contributed by atoms with Gasteiger partial charge in [-0.15, -0.1) is 0 Å². The molecule has 1 atom stereocenters. The van der Waals surface area contributed by atoms with Gasteiger partial charge in [-0.3, -0.25) is 9.59 Å². The van der Waals surface area contributed by atoms with Crippen molar-refractivity contribution in [1.29, 1.82) is 0 Å². The second-order valence-corrected chi connectivity index (χ2v) is 5.65. The van der Waals surface area contributed by atoms with E-state index in [1.807, 2.05) is 12.2 Å². The van der Waals surface area contributed by atoms with Crippen LogP contribution >= 0.6 is 0 Å². The van der Waals surface area contributed by atoms with Crippen LogP contribution in [0.4, 0.5) is 0 Å². The third-order valence-corrected chi connectivity index (χ3v) is 3.75. The molecule has 1 unspecified atom stereocenters. The van der Waals surface area contributed by atoms with Gasteiger partial charge in [0.25, 0.3) is 0 Å². The highest BCUT2D eigenvalue weighted by Crippen LogP contribution is 2.17. The fourth-order valence-corrected chi connectivity index (χ4v) is 2.47. The Labute approximate surface area is 122 Å². The molecule has 1 aliphatic rings. The summed E-state index contributed by atoms with van der Waals surface area (Å²) in [5.41, 5.74) is 0. The lowest BCUT2D eigenvalue weighted by Gasteiger charge is -2.01. The van der Waals surface area contributed by atoms with E-state index in [1.54, 1.807) is 0 Å². The van der Waals surface area contributed by atoms with Crippen molar-refractivity contribution in [2.45, 2.75) is 77.6 Å². The summed E-state index contributed by atoms with van der Waals surface area (Å²) in [6, 6.07) is 0. The van der Waals surface area contributed by atoms with Crippen molar-refractivity contribution >= 4 is 11.9 Å². The molecule has 0 aromatic heterocycles. The third kappa shape index (κ3) is 7.46. The molecule has 114 valence electrons. The molecule has 0 radical (unpaired) electrons. The Bertz CT molecular complexity index is 320. The Morgan fingerprint density at radius 2 is 1.60 bits per heavy atom. The molecule has 1 rings (SSSR count). The minimum Gasteiger partial charge on any atom is -0.393 e. The lowest BCUT2D eigenvalue weighted by Crippen LogP contribution is -2.03. The standard InChI is InChI=1S/C17H28O3/c1-2-3-4-5-6-7-8-9-10-11-12-13-15-14-16(18)20-17(15)19/h12-13,15H,2-11,14H2,1H3. The van der Waals surface area contributed by atoms with Crippen LogP contribution in [0.5, 0.6) is 0 Å². The van der Waals surface area contributed by atoms with Crippen LogP contribution in [0.15, 0.2) is 12.2 Å². The molecule has 0 amide bonds. The van der Waals surface area contributed by atoms with E-state index in [4.69, 9.17) is 0 Å². The first kappa shape index (κ1) is 16.9. The highest BCUT2D eigenvalue weighted by molar-refractivity contribution is 5.95. The molecule has 3 heteroatoms. The fraction of sp³-hybridized carbons (Fsp3) is 0.765. The van der Waals surface area contributed by atoms with Gasteiger partial charge in [-0.1, -0.05) is 70.4 Å². The summed E-state index contributed by atoms with van der Waals surface area (Å²) in [6.07, 6.45) is 17.0. The van der Waals surface area contributed by atoms with Crippen LogP contribution in [0.3, 0.4) is 0 Å². The first-order valence-corrected chi connectivity index (χ1v) is 8.15. The van der Waals surface area contributed by atoms with Gasteiger partial charge in [0, 0.05) is 0 Å². The number of hydrogen-bond acceptors (Lipinski definition) is 3. The molecule has 1 heterocycles. The molecule has 1 saturated heterocycles. The minimum absolute atomic E-state index is 0.215. The van der Waals surface area contributed by atoms with Gasteiger partial charge in [0.1, 0.15) is 0 Å². The van der Waals surface area contributed by atoms with Crippen LogP contribution < -0.4 is 0 Å². The average molecular weight is 280 g/mol. The molecule has 0 aliphatic carbocycles. The normalized spacial score (nSPS) is 18.9. The Morgan fingerprint density at radius 3 is 2.15 bits per heavy atom. The maximum absolute atomic E-state index is 11.2. The van der Waals surface area contributed by atoms with Crippen LogP contribution in [-0.2, 0) is 14.3 Å². The number of rotatable bonds is 11. The third-order valence-electron chi connectivity index (χ3n) is 3.75. The molecule has 1 aliphatic heterocycles. The summed E-state index contributed by atoms with van der Waals surface area (Å²) in [7, 11) is 0. The number of esters is 2. The summed E-state index contributed by atoms with van der Waals surface area (Å²) >= 11 is 0. The molecule has 0 aromatic rings. The minimum atomic E-state index is -0.396. The maximum Gasteiger partial charge on any atom is 0.321 e. The van der Waals surface area contributed by atoms with E-state index in [0.29, 0.717) is 0 Å². The first-order chi connectivity index (χ1) is 9.74. The fourth-order valence-electron chi connectivity index (χ4n) is 2.47. The summed E-state index contributed by atoms with van der Waals surface area (Å²) in [4.78, 5) is 22.1. The molecular formula is C17H28O3. The summed E-state index contributed by atoms with van der Waals surface area (Å²) < 4.78 is 4.50. The van der Waals surface area contributed by atoms with Crippen LogP contribution in [0.2, 0.25) is 0 Å². The van der Waals surface area contributed by atoms with Gasteiger partial charge in [0.05, 0.1) is 12.3 Å². The average Bonchev–Trinajstić information content (AvgIpc) is 2.74. The Kier molecular flexibility index (Phi) is 9.01. The maximum atomic E-state index is 11.2. The smallest absolute Gasteiger partial charge is 0.321 e. The van der Waals surface area contributed by atoms with Crippen molar-refractivity contribution in [3.05, 3.63) is 12.2 Å². The van der Waals surface area contributed by atoms with Crippen molar-refractivity contribution in [3.63, 3.8) is 0 Å². The topological polar surface area (TPSA) is 43.4 Å². The number of carbonyl (C=O) groups is 2. The molecule has 0 aromatic carbocycles. The quantitative estimate of drug-likeness (QED) is 0.241. The number of carbonyl (C=O) groups excluding carboxylic acids is 2. The lowest BCUT2D eigenvalue weighted by molar-refractivity contribution is -0.152. The van der Waals surface area contributed by atoms with Gasteiger partial charge in [-0.25, -0.2) is 0 Å². The first-order valence-electron chi connectivity index (χ1n) is 8.15. The molecule has 0 spiro atoms. The highest BCUT2D eigenvalue weighted by Gasteiger charge is 2.30. The Morgan fingerprint density at radius 1 is 1.00 bits per heavy atom. The van der Waals surface area contributed by atoms with Crippen LogP contribution in [0.25, 0.3) is 0 Å². The monoisotopic (exact) mass is 280 g/mol. The zero-order chi connectivity index (χ0) is 14.6. The predicted octanol–water partition coefficient (Wildman–Crippen LogP) is 4.55. The number of hydrogen-bond donors (Lipinski definition) is 0. The van der Waals surface area contributed by atoms with E-state index in [0.717, 1.165) is 6.42 Å². The zero-order valence-corrected chi connectivity index (χ0v) is 12.7. The van der Waals surface area contributed by atoms with Crippen molar-refractivity contribution in [1.82, 2.24) is 0 Å². The zero-order valence-electron chi connectivity index (χ0n) is 12.7. The van der Waals surface area contributed by atoms with E-state index < -0.39 is 11.9 Å². The van der Waals surface area contributed by atoms with E-state index in [1.165, 1.54) is 57.8 Å². The summed E-state index contributed by atoms with van der Waals surface area (Å²) in [6.45, 7) is 2.24. The number of unbranched alkanes of at least 4 members (excludes halogenated alkanes) is 9. The number of allylic oxidation sites excluding steroid dienone is 1. The van der Waals surface area contributed by atoms with Gasteiger partial charge < -0.3 is 4.74 Å². The lowest BCUT2D eigenvalue weighted by atomic mass is 10.0. The van der Waals surface area contributed by atoms with Gasteiger partial charge >= 0.3 is 11.9 Å². The van der Waals surface area contributed by atoms with Crippen molar-refractivity contribution in [2.75, 3.05) is 0 Å². The molecule has 0 N–H and O–H groups in total. The summed E-state index contributed by atoms with van der Waals surface area (Å²) in [5, 5.41) is 0. The molecular weight excluding hydrogens is 252 g/mol. The molecule has 3 nitrogen and oxygen atoms in total. The second kappa shape index (κ2) is 10.6. The van der Waals surface area contributed by atoms with Crippen molar-refractivity contribution in [3.8, 4) is 0 Å². The largest absolute Gasteiger partial charge is 0.393 e. The second-order valence-electron chi connectivity index (χ2n) is 5.65. The number of ether oxygens (including phenoxy) is 1. The van der Waals surface area contributed by atoms with E-state index in [-0.39, 0.29) is 12.3 Å². The Hall–Kier alpha value is -1.12. The SMILES string of the molecule is CCCCCCCCCCCC=CC1CC(=O)OC1=O. The van der Waals surface area contributed by atoms with Crippen LogP contribution in [0.1, 0.15) is 77.6 Å². The molecule has 0 saturated carbocycles. The Balaban J connectivity index is 1.89. The highest BCUT2D eigenvalue weighted by atomic mass is 16.6. The molecule has 0 bridgehead atoms. The van der Waals surface area contributed by atoms with E-state index >= 15 is 0 Å². The van der Waals surface area contributed by atoms with Crippen LogP contribution in [0, 0.1) is 5.92 Å². The van der Waals surface area contributed by atoms with Crippen molar-refractivity contribution in [2.24, 2.45) is 5.92 Å². The van der Waals surface area contributed by atoms with Crippen molar-refractivity contribution < 1.29 is 14.3 Å². The van der Waals surface area contributed by atoms with Gasteiger partial charge in [-0.05, 0) is 12.8 Å². The van der Waals surface area contributed by atoms with E-state index in [9.17, 15) is 9.59 Å². The van der Waals surface area contributed by atoms with Gasteiger partial charge in [0.15, 0.2) is 0 Å². The summed E-state index contributed by atoms with van der Waals surface area (Å²) in [5.74, 6) is -1.12. The van der Waals surface area contributed by atoms with Gasteiger partial charge in [0.2, 0.25) is 0 Å². The molecule has 1 fully saturated rings. The molecule has 20 heavy (non-hydrogen) atoms. The van der Waals surface area contributed by atoms with E-state index in [2.05, 4.69) is 11.7 Å². The van der Waals surface area contributed by atoms with Crippen LogP contribution in [-0.4, -0.2) is 11.9 Å². The number of cyclic esters (lactones) is 2. The predicted molar refractivity (Wildman–Crippen MR) is 80.2 cm³/mol. The van der Waals surface area contributed by atoms with Gasteiger partial charge in [-0.2, -0.15) is 0 Å².